The lowest BCUT2D eigenvalue weighted by Gasteiger charge is -2.13. The highest BCUT2D eigenvalue weighted by atomic mass is 16.6. The zero-order valence-corrected chi connectivity index (χ0v) is 6.77. The molecular weight excluding hydrogens is 164 g/mol. The van der Waals surface area contributed by atoms with Crippen LogP contribution in [0.15, 0.2) is 0 Å². The predicted octanol–water partition coefficient (Wildman–Crippen LogP) is -1.33. The summed E-state index contributed by atoms with van der Waals surface area (Å²) in [5.74, 6) is -0.424. The molecule has 2 N–H and O–H groups in total. The first-order chi connectivity index (χ1) is 5.61. The Balaban J connectivity index is 2.29. The van der Waals surface area contributed by atoms with Gasteiger partial charge in [-0.15, -0.1) is 0 Å². The minimum absolute atomic E-state index is 0.00639. The van der Waals surface area contributed by atoms with Crippen molar-refractivity contribution < 1.29 is 24.5 Å². The van der Waals surface area contributed by atoms with Crippen molar-refractivity contribution in [1.29, 1.82) is 0 Å². The molecule has 12 heavy (non-hydrogen) atoms. The van der Waals surface area contributed by atoms with E-state index in [1.807, 2.05) is 0 Å². The largest absolute Gasteiger partial charge is 0.463 e. The third kappa shape index (κ3) is 2.17. The monoisotopic (exact) mass is 176 g/mol. The molecule has 0 aliphatic carbocycles. The third-order valence-electron chi connectivity index (χ3n) is 1.71. The summed E-state index contributed by atoms with van der Waals surface area (Å²) in [6.07, 6.45) is -2.42. The molecule has 0 aromatic heterocycles. The van der Waals surface area contributed by atoms with Crippen LogP contribution in [0.1, 0.15) is 6.92 Å². The van der Waals surface area contributed by atoms with E-state index in [-0.39, 0.29) is 13.2 Å². The number of esters is 1. The number of carbonyl (C=O) groups excluding carboxylic acids is 1. The summed E-state index contributed by atoms with van der Waals surface area (Å²) in [5, 5.41) is 18.2. The molecule has 0 saturated carbocycles. The Morgan fingerprint density at radius 1 is 1.67 bits per heavy atom. The van der Waals surface area contributed by atoms with E-state index in [1.165, 1.54) is 6.92 Å². The maximum atomic E-state index is 10.4. The molecule has 1 rings (SSSR count). The van der Waals surface area contributed by atoms with Crippen molar-refractivity contribution in [2.45, 2.75) is 25.2 Å². The number of hydrogen-bond donors (Lipinski definition) is 2. The second-order valence-corrected chi connectivity index (χ2v) is 2.73. The molecule has 5 nitrogen and oxygen atoms in total. The highest BCUT2D eigenvalue weighted by Crippen LogP contribution is 2.14. The molecule has 0 aromatic carbocycles. The molecule has 0 amide bonds. The first kappa shape index (κ1) is 9.44. The van der Waals surface area contributed by atoms with Crippen LogP contribution < -0.4 is 0 Å². The van der Waals surface area contributed by atoms with Gasteiger partial charge >= 0.3 is 5.97 Å². The van der Waals surface area contributed by atoms with Crippen LogP contribution in [0.4, 0.5) is 0 Å². The van der Waals surface area contributed by atoms with Gasteiger partial charge in [-0.3, -0.25) is 4.79 Å². The molecule has 5 heteroatoms. The van der Waals surface area contributed by atoms with E-state index < -0.39 is 24.3 Å². The Bertz CT molecular complexity index is 169. The molecule has 1 aliphatic heterocycles. The Morgan fingerprint density at radius 3 is 2.75 bits per heavy atom. The summed E-state index contributed by atoms with van der Waals surface area (Å²) in [5.41, 5.74) is 0. The summed E-state index contributed by atoms with van der Waals surface area (Å²) in [7, 11) is 0. The highest BCUT2D eigenvalue weighted by Gasteiger charge is 2.35. The second kappa shape index (κ2) is 3.84. The van der Waals surface area contributed by atoms with Gasteiger partial charge in [-0.2, -0.15) is 0 Å². The zero-order valence-electron chi connectivity index (χ0n) is 6.77. The Labute approximate surface area is 69.9 Å². The topological polar surface area (TPSA) is 76.0 Å². The van der Waals surface area contributed by atoms with Gasteiger partial charge in [0, 0.05) is 6.92 Å². The van der Waals surface area contributed by atoms with E-state index in [1.54, 1.807) is 0 Å². The van der Waals surface area contributed by atoms with Gasteiger partial charge in [-0.05, 0) is 0 Å². The smallest absolute Gasteiger partial charge is 0.302 e. The van der Waals surface area contributed by atoms with Gasteiger partial charge in [0.2, 0.25) is 0 Å². The quantitative estimate of drug-likeness (QED) is 0.510. The van der Waals surface area contributed by atoms with Crippen LogP contribution >= 0.6 is 0 Å². The third-order valence-corrected chi connectivity index (χ3v) is 1.71. The van der Waals surface area contributed by atoms with Crippen molar-refractivity contribution in [2.75, 3.05) is 13.2 Å². The second-order valence-electron chi connectivity index (χ2n) is 2.73. The summed E-state index contributed by atoms with van der Waals surface area (Å²) >= 11 is 0. The summed E-state index contributed by atoms with van der Waals surface area (Å²) in [6, 6.07) is 0. The fourth-order valence-electron chi connectivity index (χ4n) is 1.01. The van der Waals surface area contributed by atoms with Gasteiger partial charge in [-0.25, -0.2) is 0 Å². The van der Waals surface area contributed by atoms with Crippen LogP contribution in [0.2, 0.25) is 0 Å². The number of carbonyl (C=O) groups is 1. The summed E-state index contributed by atoms with van der Waals surface area (Å²) in [4.78, 5) is 10.4. The van der Waals surface area contributed by atoms with E-state index in [0.29, 0.717) is 0 Å². The molecule has 0 bridgehead atoms. The molecule has 1 unspecified atom stereocenters. The molecule has 70 valence electrons. The van der Waals surface area contributed by atoms with Crippen LogP contribution in [0.25, 0.3) is 0 Å². The van der Waals surface area contributed by atoms with Crippen molar-refractivity contribution in [3.8, 4) is 0 Å². The molecule has 1 saturated heterocycles. The van der Waals surface area contributed by atoms with Crippen molar-refractivity contribution >= 4 is 5.97 Å². The Hall–Kier alpha value is -0.650. The average molecular weight is 176 g/mol. The van der Waals surface area contributed by atoms with Gasteiger partial charge < -0.3 is 19.7 Å². The van der Waals surface area contributed by atoms with Gasteiger partial charge in [0.15, 0.2) is 0 Å². The number of rotatable bonds is 2. The molecule has 1 fully saturated rings. The van der Waals surface area contributed by atoms with Crippen molar-refractivity contribution in [3.63, 3.8) is 0 Å². The van der Waals surface area contributed by atoms with E-state index in [9.17, 15) is 9.90 Å². The van der Waals surface area contributed by atoms with Crippen LogP contribution in [0.3, 0.4) is 0 Å². The Kier molecular flexibility index (Phi) is 3.02. The molecule has 1 heterocycles. The van der Waals surface area contributed by atoms with E-state index in [4.69, 9.17) is 9.84 Å². The van der Waals surface area contributed by atoms with Crippen LogP contribution in [0.5, 0.6) is 0 Å². The molecule has 0 spiro atoms. The molecule has 1 aliphatic rings. The average Bonchev–Trinajstić information content (AvgIpc) is 2.30. The van der Waals surface area contributed by atoms with Crippen LogP contribution in [-0.4, -0.2) is 47.7 Å². The zero-order chi connectivity index (χ0) is 9.14. The lowest BCUT2D eigenvalue weighted by molar-refractivity contribution is -0.145. The number of ether oxygens (including phenoxy) is 2. The van der Waals surface area contributed by atoms with Gasteiger partial charge in [0.1, 0.15) is 24.9 Å². The lowest BCUT2D eigenvalue weighted by Crippen LogP contribution is -2.33. The predicted molar refractivity (Wildman–Crippen MR) is 38.4 cm³/mol. The standard InChI is InChI=1S/C7H12O5/c1-4(8)11-3-6-7(10)5(9)2-12-6/h5-7,9-10H,2-3H2,1H3/t5?,6-,7+/m1/s1. The first-order valence-electron chi connectivity index (χ1n) is 3.72. The molecule has 3 atom stereocenters. The fourth-order valence-corrected chi connectivity index (χ4v) is 1.01. The summed E-state index contributed by atoms with van der Waals surface area (Å²) < 4.78 is 9.56. The maximum Gasteiger partial charge on any atom is 0.302 e. The molecule has 0 radical (unpaired) electrons. The lowest BCUT2D eigenvalue weighted by atomic mass is 10.2. The van der Waals surface area contributed by atoms with Gasteiger partial charge in [0.25, 0.3) is 0 Å². The minimum atomic E-state index is -0.954. The van der Waals surface area contributed by atoms with E-state index in [2.05, 4.69) is 4.74 Å². The van der Waals surface area contributed by atoms with E-state index in [0.717, 1.165) is 0 Å². The Morgan fingerprint density at radius 2 is 2.33 bits per heavy atom. The van der Waals surface area contributed by atoms with Gasteiger partial charge in [0.05, 0.1) is 6.61 Å². The number of hydrogen-bond acceptors (Lipinski definition) is 5. The van der Waals surface area contributed by atoms with E-state index >= 15 is 0 Å². The fraction of sp³-hybridized carbons (Fsp3) is 0.857. The molecule has 0 aromatic rings. The highest BCUT2D eigenvalue weighted by molar-refractivity contribution is 5.65. The number of aliphatic hydroxyl groups excluding tert-OH is 2. The SMILES string of the molecule is CC(=O)OC[C@H]1OCC(O)[C@@H]1O. The minimum Gasteiger partial charge on any atom is -0.463 e. The van der Waals surface area contributed by atoms with Crippen molar-refractivity contribution in [1.82, 2.24) is 0 Å². The normalized spacial score (nSPS) is 35.1. The van der Waals surface area contributed by atoms with Crippen LogP contribution in [-0.2, 0) is 14.3 Å². The summed E-state index contributed by atoms with van der Waals surface area (Å²) in [6.45, 7) is 1.36. The van der Waals surface area contributed by atoms with Crippen molar-refractivity contribution in [2.24, 2.45) is 0 Å². The van der Waals surface area contributed by atoms with Crippen LogP contribution in [0, 0.1) is 0 Å². The molecular formula is C7H12O5. The van der Waals surface area contributed by atoms with Gasteiger partial charge in [-0.1, -0.05) is 0 Å². The van der Waals surface area contributed by atoms with Crippen molar-refractivity contribution in [3.05, 3.63) is 0 Å². The first-order valence-corrected chi connectivity index (χ1v) is 3.72. The number of aliphatic hydroxyl groups is 2. The maximum absolute atomic E-state index is 10.4.